The first-order valence-corrected chi connectivity index (χ1v) is 11.5. The second-order valence-electron chi connectivity index (χ2n) is 6.39. The van der Waals surface area contributed by atoms with Crippen molar-refractivity contribution in [3.63, 3.8) is 0 Å². The van der Waals surface area contributed by atoms with Crippen LogP contribution in [0.2, 0.25) is 0 Å². The fourth-order valence-electron chi connectivity index (χ4n) is 2.91. The highest BCUT2D eigenvalue weighted by Gasteiger charge is 2.10. The number of hydrogen-bond donors (Lipinski definition) is 2. The second-order valence-corrected chi connectivity index (χ2v) is 7.15. The average molecular weight is 457 g/mol. The fraction of sp³-hybridized carbons (Fsp3) is 0.292. The number of allylic oxidation sites excluding steroid dienone is 5. The van der Waals surface area contributed by atoms with Crippen molar-refractivity contribution in [2.45, 2.75) is 45.4 Å². The first kappa shape index (κ1) is 24.7. The lowest BCUT2D eigenvalue weighted by atomic mass is 10.2. The molecule has 0 aliphatic rings. The molecule has 2 aromatic heterocycles. The van der Waals surface area contributed by atoms with Crippen LogP contribution in [0.3, 0.4) is 0 Å². The molecule has 3 aromatic rings. The Morgan fingerprint density at radius 1 is 1.26 bits per heavy atom. The maximum Gasteiger partial charge on any atom is 0.271 e. The highest BCUT2D eigenvalue weighted by atomic mass is 35.5. The van der Waals surface area contributed by atoms with Gasteiger partial charge >= 0.3 is 0 Å². The largest absolute Gasteiger partial charge is 0.342 e. The molecular weight excluding hydrogens is 428 g/mol. The molecule has 0 atom stereocenters. The molecule has 1 N–H and O–H groups in total. The molecule has 0 fully saturated rings. The molecule has 0 aliphatic heterocycles. The van der Waals surface area contributed by atoms with Crippen LogP contribution >= 0.6 is 24.2 Å². The lowest BCUT2D eigenvalue weighted by molar-refractivity contribution is 0.887. The molecular formula is C24H29ClN4OS. The molecule has 0 saturated heterocycles. The Morgan fingerprint density at radius 2 is 2.03 bits per heavy atom. The van der Waals surface area contributed by atoms with Crippen molar-refractivity contribution in [2.24, 2.45) is 0 Å². The van der Waals surface area contributed by atoms with Gasteiger partial charge in [-0.1, -0.05) is 52.0 Å². The maximum atomic E-state index is 12.9. The highest BCUT2D eigenvalue weighted by molar-refractivity contribution is 7.80. The van der Waals surface area contributed by atoms with Crippen LogP contribution < -0.4 is 5.56 Å². The first-order valence-electron chi connectivity index (χ1n) is 10.5. The van der Waals surface area contributed by atoms with Crippen molar-refractivity contribution in [1.82, 2.24) is 19.5 Å². The van der Waals surface area contributed by atoms with Gasteiger partial charge in [0.05, 0.1) is 27.3 Å². The number of imidazole rings is 1. The molecule has 0 saturated carbocycles. The van der Waals surface area contributed by atoms with E-state index in [1.54, 1.807) is 6.08 Å². The number of halogens is 1. The number of alkyl halides is 1. The number of nitrogens with one attached hydrogen (secondary N) is 1. The molecule has 7 heteroatoms. The molecule has 0 spiro atoms. The van der Waals surface area contributed by atoms with Crippen LogP contribution in [0, 0.1) is 0 Å². The molecule has 0 aliphatic carbocycles. The maximum absolute atomic E-state index is 12.9. The third-order valence-corrected chi connectivity index (χ3v) is 4.98. The third-order valence-electron chi connectivity index (χ3n) is 4.38. The number of nitrogens with zero attached hydrogens (tertiary/aromatic N) is 3. The zero-order chi connectivity index (χ0) is 22.8. The number of rotatable bonds is 7. The number of H-pyrrole nitrogens is 1. The monoisotopic (exact) mass is 456 g/mol. The molecule has 164 valence electrons. The van der Waals surface area contributed by atoms with Gasteiger partial charge in [-0.2, -0.15) is 0 Å². The summed E-state index contributed by atoms with van der Waals surface area (Å²) in [6.45, 7) is 8.10. The molecule has 0 amide bonds. The SMILES string of the molecule is CC.CC/C=C(\C=C/CCl)/C=C/c1ncn(-c2ccc3nc(CC)[nH]c3c2)c(=O)c1S. The zero-order valence-corrected chi connectivity index (χ0v) is 20.0. The van der Waals surface area contributed by atoms with E-state index in [9.17, 15) is 4.79 Å². The van der Waals surface area contributed by atoms with Crippen molar-refractivity contribution in [1.29, 1.82) is 0 Å². The van der Waals surface area contributed by atoms with E-state index >= 15 is 0 Å². The Bertz CT molecular complexity index is 1160. The summed E-state index contributed by atoms with van der Waals surface area (Å²) in [5.41, 5.74) is 3.77. The van der Waals surface area contributed by atoms with E-state index in [-0.39, 0.29) is 5.56 Å². The number of fused-ring (bicyclic) bond motifs is 1. The van der Waals surface area contributed by atoms with Crippen molar-refractivity contribution in [2.75, 3.05) is 5.88 Å². The molecule has 31 heavy (non-hydrogen) atoms. The summed E-state index contributed by atoms with van der Waals surface area (Å²) in [5, 5.41) is 0. The molecule has 5 nitrogen and oxygen atoms in total. The van der Waals surface area contributed by atoms with Gasteiger partial charge in [-0.05, 0) is 36.3 Å². The van der Waals surface area contributed by atoms with Crippen molar-refractivity contribution >= 4 is 41.3 Å². The van der Waals surface area contributed by atoms with Gasteiger partial charge in [-0.25, -0.2) is 9.97 Å². The fourth-order valence-corrected chi connectivity index (χ4v) is 3.24. The Kier molecular flexibility index (Phi) is 9.82. The zero-order valence-electron chi connectivity index (χ0n) is 18.4. The summed E-state index contributed by atoms with van der Waals surface area (Å²) in [5.74, 6) is 1.36. The summed E-state index contributed by atoms with van der Waals surface area (Å²) >= 11 is 10.1. The lowest BCUT2D eigenvalue weighted by Gasteiger charge is -2.07. The minimum Gasteiger partial charge on any atom is -0.342 e. The minimum absolute atomic E-state index is 0.227. The van der Waals surface area contributed by atoms with Crippen molar-refractivity contribution in [3.05, 3.63) is 76.3 Å². The third kappa shape index (κ3) is 6.21. The van der Waals surface area contributed by atoms with E-state index in [0.717, 1.165) is 35.3 Å². The van der Waals surface area contributed by atoms with Crippen molar-refractivity contribution < 1.29 is 0 Å². The van der Waals surface area contributed by atoms with E-state index in [4.69, 9.17) is 11.6 Å². The summed E-state index contributed by atoms with van der Waals surface area (Å²) in [6, 6.07) is 5.64. The predicted octanol–water partition coefficient (Wildman–Crippen LogP) is 6.13. The van der Waals surface area contributed by atoms with Crippen molar-refractivity contribution in [3.8, 4) is 5.69 Å². The van der Waals surface area contributed by atoms with Crippen LogP contribution in [-0.2, 0) is 6.42 Å². The quantitative estimate of drug-likeness (QED) is 0.255. The van der Waals surface area contributed by atoms with Crippen LogP contribution in [0.1, 0.15) is 45.6 Å². The number of aryl methyl sites for hydroxylation is 1. The Hall–Kier alpha value is -2.57. The number of thiol groups is 1. The van der Waals surface area contributed by atoms with E-state index in [1.165, 1.54) is 10.9 Å². The molecule has 0 radical (unpaired) electrons. The standard InChI is InChI=1S/C22H23ClN4OS.C2H6/c1-3-6-15(7-5-12-23)8-10-18-21(29)22(28)27(14-24-18)16-9-11-17-19(13-16)26-20(4-2)25-17;1-2/h5-11,13-14,29H,3-4,12H2,1-2H3,(H,25,26);1-2H3/b7-5-,10-8+,15-6+;. The van der Waals surface area contributed by atoms with Crippen LogP contribution in [-0.4, -0.2) is 25.4 Å². The number of aromatic amines is 1. The number of benzene rings is 1. The molecule has 2 heterocycles. The van der Waals surface area contributed by atoms with Gasteiger partial charge in [0.25, 0.3) is 5.56 Å². The van der Waals surface area contributed by atoms with E-state index in [2.05, 4.69) is 40.6 Å². The van der Waals surface area contributed by atoms with E-state index < -0.39 is 0 Å². The number of aromatic nitrogens is 4. The predicted molar refractivity (Wildman–Crippen MR) is 135 cm³/mol. The van der Waals surface area contributed by atoms with Crippen LogP contribution in [0.4, 0.5) is 0 Å². The van der Waals surface area contributed by atoms with Gasteiger partial charge in [-0.15, -0.1) is 24.2 Å². The Morgan fingerprint density at radius 3 is 2.71 bits per heavy atom. The summed E-state index contributed by atoms with van der Waals surface area (Å²) < 4.78 is 1.49. The Labute approximate surface area is 194 Å². The van der Waals surface area contributed by atoms with Gasteiger partial charge < -0.3 is 4.98 Å². The summed E-state index contributed by atoms with van der Waals surface area (Å²) in [6.07, 6.45) is 12.8. The van der Waals surface area contributed by atoms with Gasteiger partial charge in [0.15, 0.2) is 0 Å². The summed E-state index contributed by atoms with van der Waals surface area (Å²) in [4.78, 5) is 25.3. The van der Waals surface area contributed by atoms with Gasteiger partial charge in [0.1, 0.15) is 12.2 Å². The summed E-state index contributed by atoms with van der Waals surface area (Å²) in [7, 11) is 0. The lowest BCUT2D eigenvalue weighted by Crippen LogP contribution is -2.20. The topological polar surface area (TPSA) is 63.6 Å². The Balaban J connectivity index is 0.00000166. The smallest absolute Gasteiger partial charge is 0.271 e. The minimum atomic E-state index is -0.227. The van der Waals surface area contributed by atoms with Crippen LogP contribution in [0.15, 0.2) is 64.1 Å². The van der Waals surface area contributed by atoms with E-state index in [1.807, 2.05) is 57.2 Å². The molecule has 0 bridgehead atoms. The van der Waals surface area contributed by atoms with Gasteiger partial charge in [0, 0.05) is 12.3 Å². The molecule has 1 aromatic carbocycles. The average Bonchev–Trinajstić information content (AvgIpc) is 3.22. The second kappa shape index (κ2) is 12.3. The number of hydrogen-bond acceptors (Lipinski definition) is 4. The molecule has 3 rings (SSSR count). The van der Waals surface area contributed by atoms with Crippen LogP contribution in [0.25, 0.3) is 22.8 Å². The highest BCUT2D eigenvalue weighted by Crippen LogP contribution is 2.17. The van der Waals surface area contributed by atoms with Gasteiger partial charge in [-0.3, -0.25) is 9.36 Å². The van der Waals surface area contributed by atoms with Crippen LogP contribution in [0.5, 0.6) is 0 Å². The first-order chi connectivity index (χ1) is 15.1. The van der Waals surface area contributed by atoms with Gasteiger partial charge in [0.2, 0.25) is 0 Å². The molecule has 0 unspecified atom stereocenters. The van der Waals surface area contributed by atoms with E-state index in [0.29, 0.717) is 22.2 Å². The normalized spacial score (nSPS) is 12.0.